The Labute approximate surface area is 161 Å². The van der Waals surface area contributed by atoms with E-state index < -0.39 is 21.1 Å². The average molecular weight is 407 g/mol. The minimum absolute atomic E-state index is 0.0834. The first-order chi connectivity index (χ1) is 13.4. The molecule has 4 heterocycles. The second kappa shape index (κ2) is 7.38. The van der Waals surface area contributed by atoms with E-state index in [-0.39, 0.29) is 48.8 Å². The lowest BCUT2D eigenvalue weighted by Crippen LogP contribution is -2.42. The van der Waals surface area contributed by atoms with Gasteiger partial charge in [0.1, 0.15) is 12.7 Å². The van der Waals surface area contributed by atoms with Crippen LogP contribution in [0.5, 0.6) is 0 Å². The number of likely N-dealkylation sites (tertiary alicyclic amines) is 1. The van der Waals surface area contributed by atoms with Crippen LogP contribution in [0.4, 0.5) is 0 Å². The highest BCUT2D eigenvalue weighted by Gasteiger charge is 2.53. The average Bonchev–Trinajstić information content (AvgIpc) is 3.42. The molecular formula is C17H21N5O5S. The van der Waals surface area contributed by atoms with Crippen molar-refractivity contribution in [2.75, 3.05) is 18.8 Å². The Morgan fingerprint density at radius 1 is 1.32 bits per heavy atom. The summed E-state index contributed by atoms with van der Waals surface area (Å²) in [6, 6.07) is 2.69. The van der Waals surface area contributed by atoms with Gasteiger partial charge in [-0.15, -0.1) is 0 Å². The molecule has 3 atom stereocenters. The summed E-state index contributed by atoms with van der Waals surface area (Å²) >= 11 is 0. The number of hydrogen-bond donors (Lipinski definition) is 1. The van der Waals surface area contributed by atoms with Crippen LogP contribution < -0.4 is 5.32 Å². The molecule has 150 valence electrons. The molecule has 10 nitrogen and oxygen atoms in total. The molecule has 0 spiro atoms. The molecule has 0 aliphatic carbocycles. The van der Waals surface area contributed by atoms with Crippen molar-refractivity contribution in [3.8, 4) is 0 Å². The number of rotatable bonds is 6. The van der Waals surface area contributed by atoms with Crippen LogP contribution in [0.15, 0.2) is 35.5 Å². The maximum absolute atomic E-state index is 12.5. The van der Waals surface area contributed by atoms with Crippen LogP contribution in [0.2, 0.25) is 0 Å². The van der Waals surface area contributed by atoms with Gasteiger partial charge >= 0.3 is 0 Å². The van der Waals surface area contributed by atoms with E-state index in [0.717, 1.165) is 0 Å². The fraction of sp³-hybridized carbons (Fsp3) is 0.529. The van der Waals surface area contributed by atoms with Crippen molar-refractivity contribution in [1.82, 2.24) is 25.0 Å². The summed E-state index contributed by atoms with van der Waals surface area (Å²) in [4.78, 5) is 30.1. The number of aryl methyl sites for hydroxylation is 1. The molecule has 2 saturated heterocycles. The molecule has 0 unspecified atom stereocenters. The van der Waals surface area contributed by atoms with Crippen molar-refractivity contribution >= 4 is 21.7 Å². The van der Waals surface area contributed by atoms with E-state index in [9.17, 15) is 18.0 Å². The fourth-order valence-corrected chi connectivity index (χ4v) is 6.26. The summed E-state index contributed by atoms with van der Waals surface area (Å²) in [5.74, 6) is -0.724. The number of sulfone groups is 1. The van der Waals surface area contributed by atoms with Crippen LogP contribution in [0.3, 0.4) is 0 Å². The molecule has 4 rings (SSSR count). The Kier molecular flexibility index (Phi) is 4.92. The first-order valence-corrected chi connectivity index (χ1v) is 10.8. The van der Waals surface area contributed by atoms with E-state index >= 15 is 0 Å². The molecule has 2 aromatic rings. The summed E-state index contributed by atoms with van der Waals surface area (Å²) in [6.07, 6.45) is 5.26. The minimum Gasteiger partial charge on any atom is -0.459 e. The van der Waals surface area contributed by atoms with Crippen LogP contribution in [0, 0.1) is 5.92 Å². The van der Waals surface area contributed by atoms with Crippen molar-refractivity contribution < 1.29 is 22.4 Å². The highest BCUT2D eigenvalue weighted by Crippen LogP contribution is 2.34. The first kappa shape index (κ1) is 18.7. The number of hydrogen-bond acceptors (Lipinski definition) is 7. The van der Waals surface area contributed by atoms with Gasteiger partial charge < -0.3 is 14.6 Å². The van der Waals surface area contributed by atoms with Gasteiger partial charge in [-0.2, -0.15) is 5.10 Å². The van der Waals surface area contributed by atoms with Crippen LogP contribution >= 0.6 is 0 Å². The molecule has 28 heavy (non-hydrogen) atoms. The molecule has 0 aromatic carbocycles. The Hall–Kier alpha value is -2.69. The lowest BCUT2D eigenvalue weighted by atomic mass is 10.0. The number of amides is 2. The van der Waals surface area contributed by atoms with Gasteiger partial charge in [0.25, 0.3) is 5.91 Å². The van der Waals surface area contributed by atoms with Crippen molar-refractivity contribution in [1.29, 1.82) is 0 Å². The van der Waals surface area contributed by atoms with Gasteiger partial charge in [-0.25, -0.2) is 13.4 Å². The molecule has 0 radical (unpaired) electrons. The van der Waals surface area contributed by atoms with E-state index in [2.05, 4.69) is 15.4 Å². The van der Waals surface area contributed by atoms with E-state index in [1.54, 1.807) is 23.1 Å². The summed E-state index contributed by atoms with van der Waals surface area (Å²) in [5.41, 5.74) is 0. The molecule has 11 heteroatoms. The molecule has 2 aliphatic rings. The summed E-state index contributed by atoms with van der Waals surface area (Å²) in [5, 5.41) is 6.18. The van der Waals surface area contributed by atoms with Gasteiger partial charge in [0, 0.05) is 38.0 Å². The van der Waals surface area contributed by atoms with E-state index in [4.69, 9.17) is 4.42 Å². The number of nitrogens with one attached hydrogen (secondary N) is 1. The van der Waals surface area contributed by atoms with Crippen molar-refractivity contribution in [3.05, 3.63) is 36.8 Å². The van der Waals surface area contributed by atoms with Crippen molar-refractivity contribution in [3.63, 3.8) is 0 Å². The van der Waals surface area contributed by atoms with E-state index in [1.165, 1.54) is 17.5 Å². The number of aromatic nitrogens is 3. The zero-order valence-electron chi connectivity index (χ0n) is 15.1. The predicted molar refractivity (Wildman–Crippen MR) is 96.9 cm³/mol. The van der Waals surface area contributed by atoms with Gasteiger partial charge in [0.05, 0.1) is 17.3 Å². The fourth-order valence-electron chi connectivity index (χ4n) is 3.96. The van der Waals surface area contributed by atoms with Crippen molar-refractivity contribution in [2.24, 2.45) is 5.92 Å². The maximum Gasteiger partial charge on any atom is 0.289 e. The highest BCUT2D eigenvalue weighted by molar-refractivity contribution is 7.92. The second-order valence-electron chi connectivity index (χ2n) is 7.16. The van der Waals surface area contributed by atoms with Gasteiger partial charge in [0.2, 0.25) is 5.91 Å². The van der Waals surface area contributed by atoms with Gasteiger partial charge in [0.15, 0.2) is 15.6 Å². The number of fused-ring (bicyclic) bond motifs is 1. The number of carbonyl (C=O) groups excluding carboxylic acids is 2. The standard InChI is InChI=1S/C17H21N5O5S/c23-16(4-1-5-22-11-18-10-19-22)20-13-9-28(25,26)15-8-21(7-12(13)15)17(24)14-3-2-6-27-14/h2-3,6,10-13,15H,1,4-5,7-9H2,(H,20,23)/t12-,13+,15-/m0/s1. The Morgan fingerprint density at radius 2 is 2.18 bits per heavy atom. The Morgan fingerprint density at radius 3 is 2.89 bits per heavy atom. The molecule has 0 saturated carbocycles. The van der Waals surface area contributed by atoms with Crippen molar-refractivity contribution in [2.45, 2.75) is 30.7 Å². The van der Waals surface area contributed by atoms with E-state index in [1.807, 2.05) is 0 Å². The lowest BCUT2D eigenvalue weighted by Gasteiger charge is -2.20. The minimum atomic E-state index is -3.37. The third kappa shape index (κ3) is 3.66. The normalized spacial score (nSPS) is 25.6. The van der Waals surface area contributed by atoms with E-state index in [0.29, 0.717) is 13.0 Å². The van der Waals surface area contributed by atoms with Crippen LogP contribution in [-0.4, -0.2) is 70.0 Å². The lowest BCUT2D eigenvalue weighted by molar-refractivity contribution is -0.122. The second-order valence-corrected chi connectivity index (χ2v) is 9.42. The molecule has 2 amide bonds. The predicted octanol–water partition coefficient (Wildman–Crippen LogP) is -0.295. The number of nitrogens with zero attached hydrogens (tertiary/aromatic N) is 4. The van der Waals surface area contributed by atoms with Crippen LogP contribution in [0.25, 0.3) is 0 Å². The Bertz CT molecular complexity index is 941. The molecule has 2 fully saturated rings. The zero-order valence-corrected chi connectivity index (χ0v) is 15.9. The monoisotopic (exact) mass is 407 g/mol. The number of furan rings is 1. The molecular weight excluding hydrogens is 386 g/mol. The van der Waals surface area contributed by atoms with Crippen LogP contribution in [-0.2, 0) is 21.2 Å². The maximum atomic E-state index is 12.5. The topological polar surface area (TPSA) is 127 Å². The highest BCUT2D eigenvalue weighted by atomic mass is 32.2. The molecule has 2 aromatic heterocycles. The van der Waals surface area contributed by atoms with Gasteiger partial charge in [-0.1, -0.05) is 0 Å². The zero-order chi connectivity index (χ0) is 19.7. The summed E-state index contributed by atoms with van der Waals surface area (Å²) < 4.78 is 31.8. The quantitative estimate of drug-likeness (QED) is 0.697. The molecule has 1 N–H and O–H groups in total. The van der Waals surface area contributed by atoms with Gasteiger partial charge in [-0.05, 0) is 18.6 Å². The number of carbonyl (C=O) groups is 2. The molecule has 2 aliphatic heterocycles. The SMILES string of the molecule is O=C(CCCn1cncn1)N[C@@H]1CS(=O)(=O)[C@H]2CN(C(=O)c3ccco3)C[C@@H]12. The third-order valence-corrected chi connectivity index (χ3v) is 7.57. The summed E-state index contributed by atoms with van der Waals surface area (Å²) in [6.45, 7) is 0.979. The smallest absolute Gasteiger partial charge is 0.289 e. The molecule has 0 bridgehead atoms. The Balaban J connectivity index is 1.36. The summed E-state index contributed by atoms with van der Waals surface area (Å²) in [7, 11) is -3.37. The van der Waals surface area contributed by atoms with Gasteiger partial charge in [-0.3, -0.25) is 14.3 Å². The largest absolute Gasteiger partial charge is 0.459 e. The van der Waals surface area contributed by atoms with Crippen LogP contribution in [0.1, 0.15) is 23.4 Å². The first-order valence-electron chi connectivity index (χ1n) is 9.10. The third-order valence-electron chi connectivity index (χ3n) is 5.32.